The van der Waals surface area contributed by atoms with Gasteiger partial charge in [0.2, 0.25) is 0 Å². The number of allylic oxidation sites excluding steroid dienone is 2. The van der Waals surface area contributed by atoms with E-state index in [0.29, 0.717) is 6.04 Å². The number of fused-ring (bicyclic) bond motifs is 3. The van der Waals surface area contributed by atoms with Crippen molar-refractivity contribution in [2.45, 2.75) is 109 Å². The molecule has 30 heavy (non-hydrogen) atoms. The third-order valence-corrected chi connectivity index (χ3v) is 6.72. The topological polar surface area (TPSA) is 27.8 Å². The number of hydrogen-bond donors (Lipinski definition) is 2. The summed E-state index contributed by atoms with van der Waals surface area (Å²) in [6.45, 7) is 3.40. The highest BCUT2D eigenvalue weighted by Gasteiger charge is 2.23. The van der Waals surface area contributed by atoms with Crippen molar-refractivity contribution in [2.75, 3.05) is 6.54 Å². The number of H-pyrrole nitrogens is 1. The molecule has 0 spiro atoms. The number of aromatic amines is 1. The zero-order valence-corrected chi connectivity index (χ0v) is 19.4. The molecule has 0 saturated carbocycles. The van der Waals surface area contributed by atoms with Gasteiger partial charge in [0.15, 0.2) is 0 Å². The predicted octanol–water partition coefficient (Wildman–Crippen LogP) is 8.39. The van der Waals surface area contributed by atoms with E-state index < -0.39 is 0 Å². The van der Waals surface area contributed by atoms with Gasteiger partial charge in [-0.15, -0.1) is 0 Å². The van der Waals surface area contributed by atoms with E-state index in [1.165, 1.54) is 106 Å². The van der Waals surface area contributed by atoms with Crippen LogP contribution in [0.2, 0.25) is 0 Å². The second kappa shape index (κ2) is 13.7. The molecule has 0 amide bonds. The highest BCUT2D eigenvalue weighted by Crippen LogP contribution is 2.32. The van der Waals surface area contributed by atoms with Crippen LogP contribution in [0.5, 0.6) is 0 Å². The quantitative estimate of drug-likeness (QED) is 0.225. The monoisotopic (exact) mass is 408 g/mol. The fraction of sp³-hybridized carbons (Fsp3) is 0.643. The maximum absolute atomic E-state index is 3.75. The second-order valence-corrected chi connectivity index (χ2v) is 9.19. The SMILES string of the molecule is CCCCCCCC/C=C\CCCCCCC[C@@H]1NCCc2c1[nH]c1ccccc21. The number of nitrogens with one attached hydrogen (secondary N) is 2. The molecular weight excluding hydrogens is 364 g/mol. The summed E-state index contributed by atoms with van der Waals surface area (Å²) in [5.74, 6) is 0. The third kappa shape index (κ3) is 7.30. The van der Waals surface area contributed by atoms with Crippen LogP contribution in [0.3, 0.4) is 0 Å². The molecule has 0 fully saturated rings. The Kier molecular flexibility index (Phi) is 10.6. The standard InChI is InChI=1S/C28H44N2/c1-2-3-4-5-6-7-8-9-10-11-12-13-14-15-16-21-27-28-25(22-23-29-27)24-19-17-18-20-26(24)30-28/h9-10,17-20,27,29-30H,2-8,11-16,21-23H2,1H3/b10-9-/t27-/m0/s1. The van der Waals surface area contributed by atoms with Gasteiger partial charge >= 0.3 is 0 Å². The van der Waals surface area contributed by atoms with Crippen molar-refractivity contribution in [2.24, 2.45) is 0 Å². The van der Waals surface area contributed by atoms with E-state index in [1.54, 1.807) is 5.56 Å². The van der Waals surface area contributed by atoms with Crippen LogP contribution in [0, 0.1) is 0 Å². The lowest BCUT2D eigenvalue weighted by atomic mass is 9.95. The first-order valence-corrected chi connectivity index (χ1v) is 12.9. The largest absolute Gasteiger partial charge is 0.357 e. The molecule has 1 aliphatic heterocycles. The van der Waals surface area contributed by atoms with Crippen LogP contribution in [0.25, 0.3) is 10.9 Å². The maximum atomic E-state index is 3.75. The molecule has 2 heterocycles. The molecule has 1 aromatic heterocycles. The number of rotatable bonds is 15. The Labute approximate surface area is 184 Å². The van der Waals surface area contributed by atoms with Gasteiger partial charge in [0.1, 0.15) is 0 Å². The summed E-state index contributed by atoms with van der Waals surface area (Å²) in [7, 11) is 0. The average Bonchev–Trinajstić information content (AvgIpc) is 3.16. The lowest BCUT2D eigenvalue weighted by Gasteiger charge is -2.24. The first-order valence-electron chi connectivity index (χ1n) is 12.9. The fourth-order valence-electron chi connectivity index (χ4n) is 4.93. The Morgan fingerprint density at radius 1 is 0.833 bits per heavy atom. The zero-order chi connectivity index (χ0) is 20.9. The predicted molar refractivity (Wildman–Crippen MR) is 132 cm³/mol. The van der Waals surface area contributed by atoms with Crippen LogP contribution >= 0.6 is 0 Å². The van der Waals surface area contributed by atoms with Crippen molar-refractivity contribution in [3.63, 3.8) is 0 Å². The highest BCUT2D eigenvalue weighted by molar-refractivity contribution is 5.85. The van der Waals surface area contributed by atoms with Crippen molar-refractivity contribution < 1.29 is 0 Å². The molecule has 1 atom stereocenters. The fourth-order valence-corrected chi connectivity index (χ4v) is 4.93. The van der Waals surface area contributed by atoms with Crippen molar-refractivity contribution in [1.82, 2.24) is 10.3 Å². The lowest BCUT2D eigenvalue weighted by Crippen LogP contribution is -2.29. The molecule has 0 bridgehead atoms. The van der Waals surface area contributed by atoms with Crippen LogP contribution in [-0.2, 0) is 6.42 Å². The molecule has 2 aromatic rings. The van der Waals surface area contributed by atoms with Crippen LogP contribution in [0.15, 0.2) is 36.4 Å². The average molecular weight is 409 g/mol. The number of hydrogen-bond acceptors (Lipinski definition) is 1. The van der Waals surface area contributed by atoms with Crippen LogP contribution in [-0.4, -0.2) is 11.5 Å². The molecule has 2 nitrogen and oxygen atoms in total. The minimum absolute atomic E-state index is 0.519. The van der Waals surface area contributed by atoms with Crippen LogP contribution in [0.4, 0.5) is 0 Å². The second-order valence-electron chi connectivity index (χ2n) is 9.19. The first-order chi connectivity index (χ1) is 14.9. The molecule has 1 aliphatic rings. The maximum Gasteiger partial charge on any atom is 0.0476 e. The molecule has 3 rings (SSSR count). The molecule has 2 heteroatoms. The molecule has 0 aliphatic carbocycles. The molecule has 166 valence electrons. The smallest absolute Gasteiger partial charge is 0.0476 e. The molecule has 0 unspecified atom stereocenters. The Hall–Kier alpha value is -1.54. The molecular formula is C28H44N2. The van der Waals surface area contributed by atoms with Crippen LogP contribution < -0.4 is 5.32 Å². The number of para-hydroxylation sites is 1. The molecule has 0 saturated heterocycles. The van der Waals surface area contributed by atoms with E-state index in [2.05, 4.69) is 53.6 Å². The first kappa shape index (κ1) is 23.1. The summed E-state index contributed by atoms with van der Waals surface area (Å²) < 4.78 is 0. The van der Waals surface area contributed by atoms with Crippen LogP contribution in [0.1, 0.15) is 114 Å². The highest BCUT2D eigenvalue weighted by atomic mass is 15.0. The van der Waals surface area contributed by atoms with E-state index in [-0.39, 0.29) is 0 Å². The van der Waals surface area contributed by atoms with Crippen molar-refractivity contribution in [3.05, 3.63) is 47.7 Å². The van der Waals surface area contributed by atoms with Gasteiger partial charge < -0.3 is 10.3 Å². The van der Waals surface area contributed by atoms with Gasteiger partial charge in [0, 0.05) is 22.6 Å². The Bertz CT molecular complexity index is 742. The summed E-state index contributed by atoms with van der Waals surface area (Å²) in [6, 6.07) is 9.31. The van der Waals surface area contributed by atoms with Crippen molar-refractivity contribution in [3.8, 4) is 0 Å². The van der Waals surface area contributed by atoms with E-state index in [1.807, 2.05) is 0 Å². The van der Waals surface area contributed by atoms with Crippen molar-refractivity contribution in [1.29, 1.82) is 0 Å². The summed E-state index contributed by atoms with van der Waals surface area (Å²) in [6.07, 6.45) is 25.1. The lowest BCUT2D eigenvalue weighted by molar-refractivity contribution is 0.443. The van der Waals surface area contributed by atoms with Gasteiger partial charge in [-0.3, -0.25) is 0 Å². The van der Waals surface area contributed by atoms with Gasteiger partial charge in [-0.2, -0.15) is 0 Å². The van der Waals surface area contributed by atoms with Gasteiger partial charge in [0.25, 0.3) is 0 Å². The summed E-state index contributed by atoms with van der Waals surface area (Å²) in [4.78, 5) is 3.70. The minimum Gasteiger partial charge on any atom is -0.357 e. The number of benzene rings is 1. The Morgan fingerprint density at radius 3 is 2.27 bits per heavy atom. The van der Waals surface area contributed by atoms with Gasteiger partial charge in [0.05, 0.1) is 0 Å². The number of unbranched alkanes of at least 4 members (excludes halogenated alkanes) is 11. The van der Waals surface area contributed by atoms with Gasteiger partial charge in [-0.1, -0.05) is 95.1 Å². The zero-order valence-electron chi connectivity index (χ0n) is 19.4. The van der Waals surface area contributed by atoms with Gasteiger partial charge in [-0.25, -0.2) is 0 Å². The summed E-state index contributed by atoms with van der Waals surface area (Å²) >= 11 is 0. The normalized spacial score (nSPS) is 16.5. The van der Waals surface area contributed by atoms with Gasteiger partial charge in [-0.05, 0) is 56.7 Å². The van der Waals surface area contributed by atoms with E-state index in [0.717, 1.165) is 13.0 Å². The molecule has 1 aromatic carbocycles. The Balaban J connectivity index is 1.21. The van der Waals surface area contributed by atoms with E-state index in [4.69, 9.17) is 0 Å². The van der Waals surface area contributed by atoms with E-state index >= 15 is 0 Å². The van der Waals surface area contributed by atoms with E-state index in [9.17, 15) is 0 Å². The third-order valence-electron chi connectivity index (χ3n) is 6.72. The minimum atomic E-state index is 0.519. The number of aromatic nitrogens is 1. The summed E-state index contributed by atoms with van der Waals surface area (Å²) in [5.41, 5.74) is 4.32. The summed E-state index contributed by atoms with van der Waals surface area (Å²) in [5, 5.41) is 5.18. The molecule has 0 radical (unpaired) electrons. The van der Waals surface area contributed by atoms with Crippen molar-refractivity contribution >= 4 is 10.9 Å². The molecule has 2 N–H and O–H groups in total. The Morgan fingerprint density at radius 2 is 1.50 bits per heavy atom.